The van der Waals surface area contributed by atoms with E-state index in [2.05, 4.69) is 0 Å². The fourth-order valence-corrected chi connectivity index (χ4v) is 1.80. The summed E-state index contributed by atoms with van der Waals surface area (Å²) in [7, 11) is -4.29. The van der Waals surface area contributed by atoms with Crippen molar-refractivity contribution in [2.45, 2.75) is 38.1 Å². The van der Waals surface area contributed by atoms with Crippen molar-refractivity contribution < 1.29 is 29.3 Å². The molecule has 0 aromatic heterocycles. The first-order valence-electron chi connectivity index (χ1n) is 4.87. The van der Waals surface area contributed by atoms with Crippen molar-refractivity contribution in [2.75, 3.05) is 13.2 Å². The predicted octanol–water partition coefficient (Wildman–Crippen LogP) is 0.0502. The molecule has 0 spiro atoms. The second kappa shape index (κ2) is 7.33. The van der Waals surface area contributed by atoms with Gasteiger partial charge in [0, 0.05) is 0 Å². The lowest BCUT2D eigenvalue weighted by molar-refractivity contribution is -0.0133. The highest BCUT2D eigenvalue weighted by Crippen LogP contribution is 2.44. The van der Waals surface area contributed by atoms with Crippen LogP contribution in [-0.2, 0) is 9.30 Å². The molecule has 4 N–H and O–H groups in total. The van der Waals surface area contributed by atoms with Crippen LogP contribution in [0.25, 0.3) is 0 Å². The summed E-state index contributed by atoms with van der Waals surface area (Å²) >= 11 is 0. The van der Waals surface area contributed by atoms with Gasteiger partial charge in [-0.05, 0) is 6.42 Å². The second-order valence-electron chi connectivity index (χ2n) is 3.36. The van der Waals surface area contributed by atoms with Gasteiger partial charge in [0.1, 0.15) is 6.10 Å². The summed E-state index contributed by atoms with van der Waals surface area (Å²) in [6.45, 7) is 1.15. The van der Waals surface area contributed by atoms with Crippen molar-refractivity contribution >= 4 is 7.60 Å². The first-order valence-corrected chi connectivity index (χ1v) is 6.55. The first kappa shape index (κ1) is 15.0. The van der Waals surface area contributed by atoms with Gasteiger partial charge in [0.05, 0.1) is 13.2 Å². The summed E-state index contributed by atoms with van der Waals surface area (Å²) in [5.41, 5.74) is 0. The number of rotatable bonds is 8. The van der Waals surface area contributed by atoms with Gasteiger partial charge < -0.3 is 24.7 Å². The summed E-state index contributed by atoms with van der Waals surface area (Å²) < 4.78 is 15.9. The summed E-state index contributed by atoms with van der Waals surface area (Å²) in [5.74, 6) is -1.18. The fourth-order valence-electron chi connectivity index (χ4n) is 1.00. The molecule has 0 aliphatic heterocycles. The maximum absolute atomic E-state index is 11.0. The third kappa shape index (κ3) is 7.00. The van der Waals surface area contributed by atoms with E-state index in [1.54, 1.807) is 0 Å². The molecule has 0 rings (SSSR count). The topological polar surface area (TPSA) is 107 Å². The molecule has 0 radical (unpaired) electrons. The van der Waals surface area contributed by atoms with E-state index in [4.69, 9.17) is 24.7 Å². The van der Waals surface area contributed by atoms with Crippen molar-refractivity contribution in [3.8, 4) is 0 Å². The van der Waals surface area contributed by atoms with Crippen LogP contribution in [0, 0.1) is 0 Å². The van der Waals surface area contributed by atoms with Gasteiger partial charge in [-0.2, -0.15) is 0 Å². The minimum absolute atomic E-state index is 0.249. The minimum atomic E-state index is -4.29. The Morgan fingerprint density at radius 2 is 2.00 bits per heavy atom. The van der Waals surface area contributed by atoms with Crippen molar-refractivity contribution in [1.29, 1.82) is 0 Å². The molecular formula is C8H19O6P. The monoisotopic (exact) mass is 242 g/mol. The molecule has 0 aromatic rings. The minimum Gasteiger partial charge on any atom is -0.394 e. The lowest BCUT2D eigenvalue weighted by atomic mass is 10.3. The largest absolute Gasteiger partial charge is 0.394 e. The Morgan fingerprint density at radius 3 is 2.40 bits per heavy atom. The van der Waals surface area contributed by atoms with Gasteiger partial charge in [0.25, 0.3) is 0 Å². The molecular weight excluding hydrogens is 223 g/mol. The number of hydrogen-bond acceptors (Lipinski definition) is 4. The Bertz CT molecular complexity index is 203. The molecule has 2 atom stereocenters. The average molecular weight is 242 g/mol. The average Bonchev–Trinajstić information content (AvgIpc) is 2.15. The fraction of sp³-hybridized carbons (Fsp3) is 1.00. The van der Waals surface area contributed by atoms with E-state index in [1.165, 1.54) is 0 Å². The number of ether oxygens (including phenoxy) is 1. The molecule has 0 fully saturated rings. The van der Waals surface area contributed by atoms with E-state index < -0.39 is 26.2 Å². The van der Waals surface area contributed by atoms with Gasteiger partial charge >= 0.3 is 7.60 Å². The van der Waals surface area contributed by atoms with Crippen molar-refractivity contribution in [1.82, 2.24) is 0 Å². The molecule has 0 saturated carbocycles. The van der Waals surface area contributed by atoms with Crippen molar-refractivity contribution in [3.63, 3.8) is 0 Å². The zero-order chi connectivity index (χ0) is 11.9. The van der Waals surface area contributed by atoms with Crippen molar-refractivity contribution in [3.05, 3.63) is 0 Å². The van der Waals surface area contributed by atoms with Crippen LogP contribution in [0.4, 0.5) is 0 Å². The predicted molar refractivity (Wildman–Crippen MR) is 54.4 cm³/mol. The number of aliphatic hydroxyl groups is 2. The van der Waals surface area contributed by atoms with E-state index in [-0.39, 0.29) is 13.0 Å². The van der Waals surface area contributed by atoms with Crippen LogP contribution in [0.2, 0.25) is 0 Å². The van der Waals surface area contributed by atoms with Crippen LogP contribution in [0.1, 0.15) is 26.2 Å². The number of hydrogen-bond donors (Lipinski definition) is 4. The lowest BCUT2D eigenvalue weighted by Crippen LogP contribution is -2.24. The van der Waals surface area contributed by atoms with E-state index in [0.717, 1.165) is 6.42 Å². The van der Waals surface area contributed by atoms with Gasteiger partial charge in [0.2, 0.25) is 0 Å². The number of aliphatic hydroxyl groups excluding tert-OH is 2. The second-order valence-corrected chi connectivity index (χ2v) is 5.11. The lowest BCUT2D eigenvalue weighted by Gasteiger charge is -2.20. The molecule has 0 aliphatic carbocycles. The zero-order valence-electron chi connectivity index (χ0n) is 8.74. The number of unbranched alkanes of at least 4 members (excludes halogenated alkanes) is 1. The zero-order valence-corrected chi connectivity index (χ0v) is 9.64. The van der Waals surface area contributed by atoms with Gasteiger partial charge in [-0.1, -0.05) is 19.8 Å². The molecule has 6 nitrogen and oxygen atoms in total. The quantitative estimate of drug-likeness (QED) is 0.448. The normalized spacial score (nSPS) is 16.3. The van der Waals surface area contributed by atoms with Crippen LogP contribution in [0.15, 0.2) is 0 Å². The van der Waals surface area contributed by atoms with Crippen LogP contribution in [0.5, 0.6) is 0 Å². The van der Waals surface area contributed by atoms with Crippen LogP contribution in [0.3, 0.4) is 0 Å². The van der Waals surface area contributed by atoms with Gasteiger partial charge in [-0.3, -0.25) is 4.57 Å². The van der Waals surface area contributed by atoms with E-state index >= 15 is 0 Å². The summed E-state index contributed by atoms with van der Waals surface area (Å²) in [4.78, 5) is 17.9. The van der Waals surface area contributed by atoms with Crippen molar-refractivity contribution in [2.24, 2.45) is 0 Å². The molecule has 0 amide bonds. The highest BCUT2D eigenvalue weighted by molar-refractivity contribution is 7.52. The molecule has 0 bridgehead atoms. The Kier molecular flexibility index (Phi) is 7.34. The molecule has 0 heterocycles. The van der Waals surface area contributed by atoms with Crippen LogP contribution in [-0.4, -0.2) is 45.2 Å². The standard InChI is InChI=1S/C8H19O6P/c1-2-3-4-8(15(11,12)13)14-6-7(10)5-9/h7-10H,2-6H2,1H3,(H2,11,12,13). The highest BCUT2D eigenvalue weighted by atomic mass is 31.2. The molecule has 0 aliphatic rings. The molecule has 2 unspecified atom stereocenters. The Hall–Kier alpha value is 0.0300. The van der Waals surface area contributed by atoms with E-state index in [1.807, 2.05) is 6.92 Å². The van der Waals surface area contributed by atoms with E-state index in [0.29, 0.717) is 6.42 Å². The Morgan fingerprint density at radius 1 is 1.40 bits per heavy atom. The van der Waals surface area contributed by atoms with Gasteiger partial charge in [0.15, 0.2) is 5.85 Å². The van der Waals surface area contributed by atoms with E-state index in [9.17, 15) is 4.57 Å². The molecule has 0 saturated heterocycles. The smallest absolute Gasteiger partial charge is 0.354 e. The van der Waals surface area contributed by atoms with Gasteiger partial charge in [-0.25, -0.2) is 0 Å². The summed E-state index contributed by atoms with van der Waals surface area (Å²) in [5, 5.41) is 17.5. The van der Waals surface area contributed by atoms with Gasteiger partial charge in [-0.15, -0.1) is 0 Å². The van der Waals surface area contributed by atoms with Crippen LogP contribution >= 0.6 is 7.60 Å². The molecule has 92 valence electrons. The molecule has 15 heavy (non-hydrogen) atoms. The van der Waals surface area contributed by atoms with Crippen LogP contribution < -0.4 is 0 Å². The Labute approximate surface area is 89.0 Å². The third-order valence-electron chi connectivity index (χ3n) is 1.87. The SMILES string of the molecule is CCCCC(OCC(O)CO)P(=O)(O)O. The highest BCUT2D eigenvalue weighted by Gasteiger charge is 2.29. The maximum atomic E-state index is 11.0. The first-order chi connectivity index (χ1) is 6.91. The molecule has 0 aromatic carbocycles. The molecule has 7 heteroatoms. The maximum Gasteiger partial charge on any atom is 0.354 e. The summed E-state index contributed by atoms with van der Waals surface area (Å²) in [6, 6.07) is 0. The Balaban J connectivity index is 4.08. The summed E-state index contributed by atoms with van der Waals surface area (Å²) in [6.07, 6.45) is 0.604. The third-order valence-corrected chi connectivity index (χ3v) is 3.03.